The molecule has 27 heavy (non-hydrogen) atoms. The number of esters is 1. The highest BCUT2D eigenvalue weighted by Gasteiger charge is 2.30. The number of carbonyl (C=O) groups excluding carboxylic acids is 2. The molecule has 1 saturated heterocycles. The summed E-state index contributed by atoms with van der Waals surface area (Å²) in [6.45, 7) is 3.25. The minimum Gasteiger partial charge on any atom is -0.466 e. The van der Waals surface area contributed by atoms with Gasteiger partial charge in [-0.1, -0.05) is 60.7 Å². The van der Waals surface area contributed by atoms with Gasteiger partial charge in [-0.05, 0) is 37.0 Å². The van der Waals surface area contributed by atoms with Gasteiger partial charge < -0.3 is 9.64 Å². The lowest BCUT2D eigenvalue weighted by Gasteiger charge is -2.32. The number of amides is 1. The fourth-order valence-electron chi connectivity index (χ4n) is 3.39. The predicted octanol–water partition coefficient (Wildman–Crippen LogP) is 4.03. The first-order valence-corrected chi connectivity index (χ1v) is 9.47. The van der Waals surface area contributed by atoms with E-state index < -0.39 is 0 Å². The van der Waals surface area contributed by atoms with E-state index in [9.17, 15) is 9.59 Å². The third-order valence-electron chi connectivity index (χ3n) is 4.75. The molecule has 0 N–H and O–H groups in total. The van der Waals surface area contributed by atoms with Crippen LogP contribution in [0.3, 0.4) is 0 Å². The molecule has 1 unspecified atom stereocenters. The summed E-state index contributed by atoms with van der Waals surface area (Å²) in [5, 5.41) is 0. The van der Waals surface area contributed by atoms with Gasteiger partial charge in [0.25, 0.3) is 5.91 Å². The first kappa shape index (κ1) is 18.9. The van der Waals surface area contributed by atoms with Crippen LogP contribution in [0.4, 0.5) is 0 Å². The second kappa shape index (κ2) is 9.17. The van der Waals surface area contributed by atoms with Gasteiger partial charge in [0, 0.05) is 18.7 Å². The van der Waals surface area contributed by atoms with Crippen LogP contribution in [0.1, 0.15) is 30.9 Å². The molecule has 0 spiro atoms. The summed E-state index contributed by atoms with van der Waals surface area (Å²) < 4.78 is 5.16. The van der Waals surface area contributed by atoms with Gasteiger partial charge in [0.1, 0.15) is 0 Å². The highest BCUT2D eigenvalue weighted by atomic mass is 16.5. The van der Waals surface area contributed by atoms with Crippen molar-refractivity contribution >= 4 is 23.5 Å². The van der Waals surface area contributed by atoms with Gasteiger partial charge in [-0.3, -0.25) is 9.59 Å². The second-order valence-corrected chi connectivity index (χ2v) is 6.68. The molecule has 1 aliphatic heterocycles. The third-order valence-corrected chi connectivity index (χ3v) is 4.75. The van der Waals surface area contributed by atoms with Gasteiger partial charge in [0.05, 0.1) is 12.5 Å². The van der Waals surface area contributed by atoms with E-state index in [4.69, 9.17) is 4.74 Å². The lowest BCUT2D eigenvalue weighted by molar-refractivity contribution is -0.150. The lowest BCUT2D eigenvalue weighted by atomic mass is 9.95. The molecule has 0 aromatic heterocycles. The normalized spacial score (nSPS) is 17.4. The van der Waals surface area contributed by atoms with E-state index in [1.165, 1.54) is 0 Å². The van der Waals surface area contributed by atoms with Crippen LogP contribution < -0.4 is 0 Å². The average molecular weight is 363 g/mol. The van der Waals surface area contributed by atoms with Crippen molar-refractivity contribution in [2.45, 2.75) is 19.8 Å². The Labute approximate surface area is 160 Å². The number of hydrogen-bond donors (Lipinski definition) is 0. The highest BCUT2D eigenvalue weighted by Crippen LogP contribution is 2.25. The molecule has 0 radical (unpaired) electrons. The van der Waals surface area contributed by atoms with E-state index in [1.807, 2.05) is 66.7 Å². The topological polar surface area (TPSA) is 46.6 Å². The molecule has 0 bridgehead atoms. The number of carbonyl (C=O) groups is 2. The Kier molecular flexibility index (Phi) is 6.42. The van der Waals surface area contributed by atoms with E-state index in [0.29, 0.717) is 25.3 Å². The molecule has 1 amide bonds. The Bertz CT molecular complexity index is 799. The Morgan fingerprint density at radius 1 is 1.07 bits per heavy atom. The van der Waals surface area contributed by atoms with Gasteiger partial charge in [0.2, 0.25) is 0 Å². The van der Waals surface area contributed by atoms with Crippen molar-refractivity contribution in [3.63, 3.8) is 0 Å². The van der Waals surface area contributed by atoms with Crippen molar-refractivity contribution in [2.24, 2.45) is 5.92 Å². The first-order valence-electron chi connectivity index (χ1n) is 9.47. The zero-order valence-corrected chi connectivity index (χ0v) is 15.6. The Balaban J connectivity index is 1.87. The zero-order chi connectivity index (χ0) is 19.1. The summed E-state index contributed by atoms with van der Waals surface area (Å²) >= 11 is 0. The number of piperidine rings is 1. The molecule has 1 fully saturated rings. The molecular weight excluding hydrogens is 338 g/mol. The summed E-state index contributed by atoms with van der Waals surface area (Å²) in [4.78, 5) is 27.2. The maximum atomic E-state index is 13.3. The molecule has 2 aromatic carbocycles. The van der Waals surface area contributed by atoms with Crippen molar-refractivity contribution in [2.75, 3.05) is 19.7 Å². The van der Waals surface area contributed by atoms with Crippen LogP contribution in [-0.2, 0) is 14.3 Å². The Morgan fingerprint density at radius 2 is 1.74 bits per heavy atom. The number of likely N-dealkylation sites (tertiary alicyclic amines) is 1. The third kappa shape index (κ3) is 4.85. The summed E-state index contributed by atoms with van der Waals surface area (Å²) in [6.07, 6.45) is 3.50. The molecule has 1 atom stereocenters. The van der Waals surface area contributed by atoms with Crippen molar-refractivity contribution in [1.29, 1.82) is 0 Å². The van der Waals surface area contributed by atoms with Crippen LogP contribution in [0.2, 0.25) is 0 Å². The maximum Gasteiger partial charge on any atom is 0.310 e. The largest absolute Gasteiger partial charge is 0.466 e. The molecular formula is C23H25NO3. The Morgan fingerprint density at radius 3 is 2.41 bits per heavy atom. The zero-order valence-electron chi connectivity index (χ0n) is 15.6. The van der Waals surface area contributed by atoms with Crippen molar-refractivity contribution < 1.29 is 14.3 Å². The Hall–Kier alpha value is -2.88. The van der Waals surface area contributed by atoms with Crippen LogP contribution in [0.5, 0.6) is 0 Å². The summed E-state index contributed by atoms with van der Waals surface area (Å²) in [7, 11) is 0. The lowest BCUT2D eigenvalue weighted by Crippen LogP contribution is -2.43. The average Bonchev–Trinajstić information content (AvgIpc) is 2.73. The first-order chi connectivity index (χ1) is 13.2. The smallest absolute Gasteiger partial charge is 0.310 e. The molecule has 0 saturated carbocycles. The summed E-state index contributed by atoms with van der Waals surface area (Å²) in [5.41, 5.74) is 2.50. The minimum absolute atomic E-state index is 0.0425. The van der Waals surface area contributed by atoms with Crippen LogP contribution >= 0.6 is 0 Å². The number of hydrogen-bond acceptors (Lipinski definition) is 3. The molecule has 2 aromatic rings. The highest BCUT2D eigenvalue weighted by molar-refractivity contribution is 6.24. The van der Waals surface area contributed by atoms with Crippen LogP contribution in [0.15, 0.2) is 60.7 Å². The van der Waals surface area contributed by atoms with Gasteiger partial charge in [0.15, 0.2) is 0 Å². The van der Waals surface area contributed by atoms with E-state index in [0.717, 1.165) is 24.0 Å². The number of nitrogens with zero attached hydrogens (tertiary/aromatic N) is 1. The van der Waals surface area contributed by atoms with Crippen molar-refractivity contribution in [3.8, 4) is 0 Å². The monoisotopic (exact) mass is 363 g/mol. The molecule has 140 valence electrons. The molecule has 1 heterocycles. The fourth-order valence-corrected chi connectivity index (χ4v) is 3.39. The van der Waals surface area contributed by atoms with Crippen molar-refractivity contribution in [1.82, 2.24) is 4.90 Å². The van der Waals surface area contributed by atoms with Gasteiger partial charge in [-0.15, -0.1) is 0 Å². The van der Waals surface area contributed by atoms with E-state index in [2.05, 4.69) is 0 Å². The quantitative estimate of drug-likeness (QED) is 0.458. The number of rotatable bonds is 5. The van der Waals surface area contributed by atoms with Gasteiger partial charge >= 0.3 is 5.97 Å². The SMILES string of the molecule is CCOC(=O)C1CCCN(C(=O)/C(=C/c2ccccc2)c2ccccc2)C1. The molecule has 3 rings (SSSR count). The van der Waals surface area contributed by atoms with E-state index in [-0.39, 0.29) is 17.8 Å². The minimum atomic E-state index is -0.239. The van der Waals surface area contributed by atoms with Crippen molar-refractivity contribution in [3.05, 3.63) is 71.8 Å². The molecule has 0 aliphatic carbocycles. The predicted molar refractivity (Wildman–Crippen MR) is 107 cm³/mol. The maximum absolute atomic E-state index is 13.3. The summed E-state index contributed by atoms with van der Waals surface area (Å²) in [6, 6.07) is 19.5. The number of ether oxygens (including phenoxy) is 1. The van der Waals surface area contributed by atoms with Gasteiger partial charge in [-0.25, -0.2) is 0 Å². The van der Waals surface area contributed by atoms with Crippen LogP contribution in [0.25, 0.3) is 11.6 Å². The van der Waals surface area contributed by atoms with Crippen LogP contribution in [0, 0.1) is 5.92 Å². The fraction of sp³-hybridized carbons (Fsp3) is 0.304. The van der Waals surface area contributed by atoms with Crippen LogP contribution in [-0.4, -0.2) is 36.5 Å². The molecule has 4 nitrogen and oxygen atoms in total. The standard InChI is InChI=1S/C23H25NO3/c1-2-27-23(26)20-14-9-15-24(17-20)22(25)21(19-12-7-4-8-13-19)16-18-10-5-3-6-11-18/h3-8,10-13,16,20H,2,9,14-15,17H2,1H3/b21-16+. The second-order valence-electron chi connectivity index (χ2n) is 6.68. The van der Waals surface area contributed by atoms with Gasteiger partial charge in [-0.2, -0.15) is 0 Å². The molecule has 1 aliphatic rings. The summed E-state index contributed by atoms with van der Waals surface area (Å²) in [5.74, 6) is -0.487. The molecule has 4 heteroatoms. The van der Waals surface area contributed by atoms with E-state index in [1.54, 1.807) is 11.8 Å². The van der Waals surface area contributed by atoms with E-state index >= 15 is 0 Å². The number of benzene rings is 2.